The minimum absolute atomic E-state index is 0.105. The molecule has 1 saturated heterocycles. The van der Waals surface area contributed by atoms with Crippen LogP contribution in [-0.4, -0.2) is 77.3 Å². The number of hydrogen-bond acceptors (Lipinski definition) is 5. The van der Waals surface area contributed by atoms with Crippen molar-refractivity contribution >= 4 is 23.4 Å². The molecule has 3 heterocycles. The first-order chi connectivity index (χ1) is 15.1. The van der Waals surface area contributed by atoms with Crippen molar-refractivity contribution in [1.82, 2.24) is 24.9 Å². The van der Waals surface area contributed by atoms with Gasteiger partial charge in [0.25, 0.3) is 11.8 Å². The first-order valence-electron chi connectivity index (χ1n) is 10.8. The highest BCUT2D eigenvalue weighted by Gasteiger charge is 2.26. The molecule has 1 aromatic heterocycles. The first kappa shape index (κ1) is 21.8. The van der Waals surface area contributed by atoms with Gasteiger partial charge in [-0.3, -0.25) is 19.2 Å². The van der Waals surface area contributed by atoms with E-state index in [1.165, 1.54) is 0 Å². The summed E-state index contributed by atoms with van der Waals surface area (Å²) in [5, 5.41) is 7.99. The van der Waals surface area contributed by atoms with Gasteiger partial charge in [-0.25, -0.2) is 0 Å². The molecule has 0 radical (unpaired) electrons. The second-order valence-corrected chi connectivity index (χ2v) is 8.34. The number of nitrogens with zero attached hydrogens (tertiary/aromatic N) is 4. The Morgan fingerprint density at radius 3 is 2.68 bits per heavy atom. The van der Waals surface area contributed by atoms with Gasteiger partial charge in [-0.15, -0.1) is 0 Å². The number of carbonyl (C=O) groups is 2. The van der Waals surface area contributed by atoms with E-state index in [-0.39, 0.29) is 11.8 Å². The molecule has 4 rings (SSSR count). The molecule has 1 fully saturated rings. The summed E-state index contributed by atoms with van der Waals surface area (Å²) in [5.74, 6) is -0.342. The Kier molecular flexibility index (Phi) is 7.21. The third kappa shape index (κ3) is 5.64. The predicted molar refractivity (Wildman–Crippen MR) is 117 cm³/mol. The summed E-state index contributed by atoms with van der Waals surface area (Å²) in [6.07, 6.45) is 1.65. The van der Waals surface area contributed by atoms with Crippen molar-refractivity contribution in [2.75, 3.05) is 45.9 Å². The number of fused-ring (bicyclic) bond motifs is 1. The van der Waals surface area contributed by atoms with Gasteiger partial charge in [-0.2, -0.15) is 5.10 Å². The molecule has 0 saturated carbocycles. The molecule has 0 aliphatic carbocycles. The molecule has 1 N–H and O–H groups in total. The molecule has 0 bridgehead atoms. The van der Waals surface area contributed by atoms with Crippen LogP contribution in [0.3, 0.4) is 0 Å². The van der Waals surface area contributed by atoms with E-state index < -0.39 is 0 Å². The number of amides is 2. The predicted octanol–water partition coefficient (Wildman–Crippen LogP) is 2.03. The largest absolute Gasteiger partial charge is 0.379 e. The number of rotatable bonds is 7. The van der Waals surface area contributed by atoms with Crippen LogP contribution in [0, 0.1) is 0 Å². The average molecular weight is 446 g/mol. The summed E-state index contributed by atoms with van der Waals surface area (Å²) in [4.78, 5) is 29.8. The van der Waals surface area contributed by atoms with E-state index in [1.54, 1.807) is 15.6 Å². The molecule has 0 atom stereocenters. The highest BCUT2D eigenvalue weighted by atomic mass is 35.5. The van der Waals surface area contributed by atoms with Gasteiger partial charge >= 0.3 is 0 Å². The number of halogens is 1. The lowest BCUT2D eigenvalue weighted by Crippen LogP contribution is -2.38. The second-order valence-electron chi connectivity index (χ2n) is 7.91. The number of carbonyl (C=O) groups excluding carboxylic acids is 2. The topological polar surface area (TPSA) is 79.7 Å². The first-order valence-corrected chi connectivity index (χ1v) is 11.2. The van der Waals surface area contributed by atoms with E-state index in [4.69, 9.17) is 16.3 Å². The lowest BCUT2D eigenvalue weighted by molar-refractivity contribution is 0.0374. The number of aryl methyl sites for hydroxylation is 1. The summed E-state index contributed by atoms with van der Waals surface area (Å²) in [7, 11) is 0. The maximum absolute atomic E-state index is 13.1. The van der Waals surface area contributed by atoms with Gasteiger partial charge in [0.05, 0.1) is 13.2 Å². The van der Waals surface area contributed by atoms with E-state index in [9.17, 15) is 9.59 Å². The zero-order valence-corrected chi connectivity index (χ0v) is 18.3. The quantitative estimate of drug-likeness (QED) is 0.660. The van der Waals surface area contributed by atoms with Crippen LogP contribution in [0.2, 0.25) is 5.02 Å². The number of ether oxygens (including phenoxy) is 1. The fourth-order valence-electron chi connectivity index (χ4n) is 3.93. The Hall–Kier alpha value is -2.42. The van der Waals surface area contributed by atoms with Crippen LogP contribution in [0.25, 0.3) is 0 Å². The third-order valence-corrected chi connectivity index (χ3v) is 5.90. The van der Waals surface area contributed by atoms with Crippen LogP contribution >= 0.6 is 11.6 Å². The van der Waals surface area contributed by atoms with Crippen molar-refractivity contribution in [3.05, 3.63) is 52.3 Å². The van der Waals surface area contributed by atoms with Gasteiger partial charge in [0.1, 0.15) is 5.69 Å². The zero-order chi connectivity index (χ0) is 21.6. The Morgan fingerprint density at radius 2 is 1.90 bits per heavy atom. The minimum Gasteiger partial charge on any atom is -0.379 e. The molecule has 2 aliphatic rings. The molecule has 1 aromatic carbocycles. The molecule has 9 heteroatoms. The maximum atomic E-state index is 13.1. The van der Waals surface area contributed by atoms with Crippen molar-refractivity contribution in [2.45, 2.75) is 25.9 Å². The SMILES string of the molecule is O=C(NCCCN1CCOCC1)c1cc2n(n1)CCCN(Cc1ccc(Cl)cc1)C2=O. The van der Waals surface area contributed by atoms with Gasteiger partial charge in [0, 0.05) is 50.4 Å². The van der Waals surface area contributed by atoms with Crippen LogP contribution in [0.4, 0.5) is 0 Å². The maximum Gasteiger partial charge on any atom is 0.272 e. The van der Waals surface area contributed by atoms with Gasteiger partial charge in [-0.05, 0) is 37.1 Å². The summed E-state index contributed by atoms with van der Waals surface area (Å²) in [5.41, 5.74) is 1.77. The number of benzene rings is 1. The molecule has 31 heavy (non-hydrogen) atoms. The number of nitrogens with one attached hydrogen (secondary N) is 1. The van der Waals surface area contributed by atoms with Gasteiger partial charge in [0.15, 0.2) is 5.69 Å². The number of hydrogen-bond donors (Lipinski definition) is 1. The van der Waals surface area contributed by atoms with E-state index >= 15 is 0 Å². The van der Waals surface area contributed by atoms with Crippen LogP contribution in [0.5, 0.6) is 0 Å². The monoisotopic (exact) mass is 445 g/mol. The third-order valence-electron chi connectivity index (χ3n) is 5.64. The van der Waals surface area contributed by atoms with E-state index in [2.05, 4.69) is 15.3 Å². The van der Waals surface area contributed by atoms with Crippen molar-refractivity contribution < 1.29 is 14.3 Å². The minimum atomic E-state index is -0.236. The molecule has 2 aromatic rings. The Morgan fingerprint density at radius 1 is 1.13 bits per heavy atom. The summed E-state index contributed by atoms with van der Waals surface area (Å²) < 4.78 is 7.01. The van der Waals surface area contributed by atoms with Crippen LogP contribution in [-0.2, 0) is 17.8 Å². The van der Waals surface area contributed by atoms with Crippen molar-refractivity contribution in [3.63, 3.8) is 0 Å². The average Bonchev–Trinajstić information content (AvgIpc) is 3.16. The molecular weight excluding hydrogens is 418 g/mol. The van der Waals surface area contributed by atoms with E-state index in [0.29, 0.717) is 42.6 Å². The molecule has 2 aliphatic heterocycles. The van der Waals surface area contributed by atoms with Crippen LogP contribution in [0.15, 0.2) is 30.3 Å². The summed E-state index contributed by atoms with van der Waals surface area (Å²) in [6.45, 7) is 6.70. The fraction of sp³-hybridized carbons (Fsp3) is 0.500. The Labute approximate surface area is 187 Å². The van der Waals surface area contributed by atoms with Crippen molar-refractivity contribution in [2.24, 2.45) is 0 Å². The van der Waals surface area contributed by atoms with Gasteiger partial charge in [0.2, 0.25) is 0 Å². The second kappa shape index (κ2) is 10.3. The summed E-state index contributed by atoms with van der Waals surface area (Å²) >= 11 is 5.96. The molecular formula is C22H28ClN5O3. The summed E-state index contributed by atoms with van der Waals surface area (Å²) in [6, 6.07) is 9.11. The molecule has 0 spiro atoms. The standard InChI is InChI=1S/C22H28ClN5O3/c23-18-5-3-17(4-6-18)16-27-9-2-10-28-20(22(27)30)15-19(25-28)21(29)24-7-1-8-26-11-13-31-14-12-26/h3-6,15H,1-2,7-14,16H2,(H,24,29). The highest BCUT2D eigenvalue weighted by Crippen LogP contribution is 2.18. The lowest BCUT2D eigenvalue weighted by Gasteiger charge is -2.26. The normalized spacial score (nSPS) is 17.3. The zero-order valence-electron chi connectivity index (χ0n) is 17.6. The molecule has 0 unspecified atom stereocenters. The lowest BCUT2D eigenvalue weighted by atomic mass is 10.2. The highest BCUT2D eigenvalue weighted by molar-refractivity contribution is 6.30. The number of aromatic nitrogens is 2. The Balaban J connectivity index is 1.33. The molecule has 8 nitrogen and oxygen atoms in total. The molecule has 166 valence electrons. The Bertz CT molecular complexity index is 908. The van der Waals surface area contributed by atoms with Crippen molar-refractivity contribution in [1.29, 1.82) is 0 Å². The fourth-order valence-corrected chi connectivity index (χ4v) is 4.05. The van der Waals surface area contributed by atoms with E-state index in [0.717, 1.165) is 51.3 Å². The molecule has 2 amide bonds. The van der Waals surface area contributed by atoms with Crippen LogP contribution in [0.1, 0.15) is 39.4 Å². The van der Waals surface area contributed by atoms with Crippen LogP contribution < -0.4 is 5.32 Å². The van der Waals surface area contributed by atoms with Gasteiger partial charge in [-0.1, -0.05) is 23.7 Å². The number of morpholine rings is 1. The van der Waals surface area contributed by atoms with Crippen molar-refractivity contribution in [3.8, 4) is 0 Å². The van der Waals surface area contributed by atoms with E-state index in [1.807, 2.05) is 24.3 Å². The smallest absolute Gasteiger partial charge is 0.272 e. The van der Waals surface area contributed by atoms with Gasteiger partial charge < -0.3 is 15.0 Å².